The summed E-state index contributed by atoms with van der Waals surface area (Å²) in [5, 5.41) is 5.51. The van der Waals surface area contributed by atoms with Crippen LogP contribution in [0, 0.1) is 0 Å². The highest BCUT2D eigenvalue weighted by atomic mass is 32.2. The van der Waals surface area contributed by atoms with Crippen molar-refractivity contribution in [2.75, 3.05) is 0 Å². The van der Waals surface area contributed by atoms with Crippen LogP contribution in [0.3, 0.4) is 0 Å². The number of rotatable bonds is 0. The molecule has 2 bridgehead atoms. The Kier molecular flexibility index (Phi) is 4.40. The first-order valence-electron chi connectivity index (χ1n) is 9.03. The first-order valence-corrected chi connectivity index (χ1v) is 11.3. The van der Waals surface area contributed by atoms with Crippen LogP contribution in [0.2, 0.25) is 0 Å². The molecule has 5 rings (SSSR count). The van der Waals surface area contributed by atoms with Crippen LogP contribution in [-0.2, 0) is 23.0 Å². The van der Waals surface area contributed by atoms with Crippen LogP contribution in [0.25, 0.3) is 21.5 Å². The second-order valence-corrected chi connectivity index (χ2v) is 8.90. The van der Waals surface area contributed by atoms with Gasteiger partial charge in [-0.25, -0.2) is 0 Å². The van der Waals surface area contributed by atoms with Gasteiger partial charge >= 0.3 is 0 Å². The van der Waals surface area contributed by atoms with E-state index in [-0.39, 0.29) is 0 Å². The maximum absolute atomic E-state index is 2.43. The Morgan fingerprint density at radius 2 is 1.08 bits per heavy atom. The van der Waals surface area contributed by atoms with E-state index >= 15 is 0 Å². The van der Waals surface area contributed by atoms with Gasteiger partial charge in [0.05, 0.1) is 0 Å². The van der Waals surface area contributed by atoms with Gasteiger partial charge in [0.2, 0.25) is 0 Å². The molecule has 1 heterocycles. The molecule has 0 aromatic heterocycles. The lowest BCUT2D eigenvalue weighted by atomic mass is 10.0. The van der Waals surface area contributed by atoms with Crippen molar-refractivity contribution in [3.05, 3.63) is 95.1 Å². The average Bonchev–Trinajstić information content (AvgIpc) is 2.70. The lowest BCUT2D eigenvalue weighted by Gasteiger charge is -2.11. The van der Waals surface area contributed by atoms with Gasteiger partial charge in [0.15, 0.2) is 0 Å². The molecule has 2 heteroatoms. The van der Waals surface area contributed by atoms with Crippen molar-refractivity contribution in [3.63, 3.8) is 0 Å². The zero-order valence-corrected chi connectivity index (χ0v) is 16.2. The van der Waals surface area contributed by atoms with Crippen LogP contribution in [0.15, 0.2) is 72.8 Å². The Labute approximate surface area is 163 Å². The number of hydrogen-bond donors (Lipinski definition) is 0. The van der Waals surface area contributed by atoms with Gasteiger partial charge < -0.3 is 0 Å². The number of thioether (sulfide) groups is 2. The van der Waals surface area contributed by atoms with Gasteiger partial charge in [-0.3, -0.25) is 0 Å². The molecule has 0 saturated heterocycles. The van der Waals surface area contributed by atoms with E-state index in [0.29, 0.717) is 0 Å². The SMILES string of the molecule is c1ccc2cc3c(cc2c1)CSCc1cc(c2ccccc2c1)CSC3. The molecule has 0 amide bonds. The van der Waals surface area contributed by atoms with E-state index < -0.39 is 0 Å². The summed E-state index contributed by atoms with van der Waals surface area (Å²) in [6, 6.07) is 27.2. The molecule has 0 fully saturated rings. The third kappa shape index (κ3) is 3.13. The maximum Gasteiger partial charge on any atom is 0.0194 e. The van der Waals surface area contributed by atoms with Crippen molar-refractivity contribution >= 4 is 45.1 Å². The molecule has 0 atom stereocenters. The zero-order valence-electron chi connectivity index (χ0n) is 14.6. The van der Waals surface area contributed by atoms with Gasteiger partial charge in [0, 0.05) is 23.0 Å². The lowest BCUT2D eigenvalue weighted by molar-refractivity contribution is 1.29. The summed E-state index contributed by atoms with van der Waals surface area (Å²) < 4.78 is 0. The van der Waals surface area contributed by atoms with E-state index in [1.807, 2.05) is 23.5 Å². The van der Waals surface area contributed by atoms with E-state index in [0.717, 1.165) is 23.0 Å². The highest BCUT2D eigenvalue weighted by Crippen LogP contribution is 2.33. The highest BCUT2D eigenvalue weighted by Gasteiger charge is 2.11. The fraction of sp³-hybridized carbons (Fsp3) is 0.167. The molecule has 128 valence electrons. The molecule has 1 aliphatic heterocycles. The van der Waals surface area contributed by atoms with Crippen molar-refractivity contribution < 1.29 is 0 Å². The minimum Gasteiger partial charge on any atom is -0.152 e. The summed E-state index contributed by atoms with van der Waals surface area (Å²) in [4.78, 5) is 0. The predicted molar refractivity (Wildman–Crippen MR) is 118 cm³/mol. The van der Waals surface area contributed by atoms with Crippen LogP contribution < -0.4 is 0 Å². The number of fused-ring (bicyclic) bond motifs is 6. The smallest absolute Gasteiger partial charge is 0.0194 e. The van der Waals surface area contributed by atoms with Crippen LogP contribution >= 0.6 is 23.5 Å². The van der Waals surface area contributed by atoms with Gasteiger partial charge in [-0.1, -0.05) is 72.8 Å². The zero-order chi connectivity index (χ0) is 17.3. The molecule has 0 nitrogen and oxygen atoms in total. The van der Waals surface area contributed by atoms with Gasteiger partial charge in [0.25, 0.3) is 0 Å². The van der Waals surface area contributed by atoms with Crippen molar-refractivity contribution in [2.45, 2.75) is 23.0 Å². The minimum atomic E-state index is 1.07. The molecular weight excluding hydrogens is 352 g/mol. The van der Waals surface area contributed by atoms with Crippen molar-refractivity contribution in [1.29, 1.82) is 0 Å². The second-order valence-electron chi connectivity index (χ2n) is 6.93. The van der Waals surface area contributed by atoms with Crippen LogP contribution in [-0.4, -0.2) is 0 Å². The molecule has 0 spiro atoms. The minimum absolute atomic E-state index is 1.07. The second kappa shape index (κ2) is 7.02. The number of benzene rings is 4. The summed E-state index contributed by atoms with van der Waals surface area (Å²) in [6.07, 6.45) is 0. The van der Waals surface area contributed by atoms with E-state index in [4.69, 9.17) is 0 Å². The molecule has 0 N–H and O–H groups in total. The van der Waals surface area contributed by atoms with Crippen molar-refractivity contribution in [1.82, 2.24) is 0 Å². The Balaban J connectivity index is 1.55. The van der Waals surface area contributed by atoms with E-state index in [1.54, 1.807) is 0 Å². The molecule has 26 heavy (non-hydrogen) atoms. The third-order valence-electron chi connectivity index (χ3n) is 5.12. The Bertz CT molecular complexity index is 1100. The van der Waals surface area contributed by atoms with E-state index in [2.05, 4.69) is 72.8 Å². The average molecular weight is 373 g/mol. The van der Waals surface area contributed by atoms with Crippen LogP contribution in [0.4, 0.5) is 0 Å². The van der Waals surface area contributed by atoms with Crippen LogP contribution in [0.1, 0.15) is 22.3 Å². The standard InChI is InChI=1S/C24H20S2/c1-2-6-19-12-22-15-26-16-23-10-17(9-20-7-3-4-8-24(20)23)13-25-14-21(22)11-18(19)5-1/h1-12H,13-16H2. The predicted octanol–water partition coefficient (Wildman–Crippen LogP) is 7.17. The summed E-state index contributed by atoms with van der Waals surface area (Å²) >= 11 is 4.07. The third-order valence-corrected chi connectivity index (χ3v) is 7.20. The Hall–Kier alpha value is -1.90. The summed E-state index contributed by atoms with van der Waals surface area (Å²) in [5.41, 5.74) is 5.93. The quantitative estimate of drug-likeness (QED) is 0.321. The molecule has 0 saturated carbocycles. The normalized spacial score (nSPS) is 14.8. The molecule has 4 aromatic carbocycles. The lowest BCUT2D eigenvalue weighted by Crippen LogP contribution is -1.92. The monoisotopic (exact) mass is 372 g/mol. The summed E-state index contributed by atoms with van der Waals surface area (Å²) in [5.74, 6) is 4.32. The van der Waals surface area contributed by atoms with Gasteiger partial charge in [-0.05, 0) is 43.8 Å². The molecule has 0 aliphatic carbocycles. The van der Waals surface area contributed by atoms with Gasteiger partial charge in [-0.15, -0.1) is 0 Å². The molecule has 0 radical (unpaired) electrons. The molecular formula is C24H20S2. The Morgan fingerprint density at radius 1 is 0.500 bits per heavy atom. The van der Waals surface area contributed by atoms with Crippen molar-refractivity contribution in [3.8, 4) is 0 Å². The molecule has 1 aliphatic rings. The van der Waals surface area contributed by atoms with E-state index in [1.165, 1.54) is 43.8 Å². The topological polar surface area (TPSA) is 0 Å². The maximum atomic E-state index is 2.43. The van der Waals surface area contributed by atoms with E-state index in [9.17, 15) is 0 Å². The van der Waals surface area contributed by atoms with Gasteiger partial charge in [-0.2, -0.15) is 23.5 Å². The fourth-order valence-corrected chi connectivity index (χ4v) is 5.86. The largest absolute Gasteiger partial charge is 0.152 e. The molecule has 4 aromatic rings. The first kappa shape index (κ1) is 16.3. The summed E-state index contributed by atoms with van der Waals surface area (Å²) in [7, 11) is 0. The summed E-state index contributed by atoms with van der Waals surface area (Å²) in [6.45, 7) is 0. The first-order chi connectivity index (χ1) is 12.9. The Morgan fingerprint density at radius 3 is 1.81 bits per heavy atom. The highest BCUT2D eigenvalue weighted by molar-refractivity contribution is 7.98. The van der Waals surface area contributed by atoms with Crippen LogP contribution in [0.5, 0.6) is 0 Å². The van der Waals surface area contributed by atoms with Gasteiger partial charge in [0.1, 0.15) is 0 Å². The fourth-order valence-electron chi connectivity index (χ4n) is 3.81. The molecule has 0 unspecified atom stereocenters. The number of hydrogen-bond acceptors (Lipinski definition) is 2. The van der Waals surface area contributed by atoms with Crippen molar-refractivity contribution in [2.24, 2.45) is 0 Å².